The standard InChI is InChI=1S/C16H21NO4/c1-11-10-13(18)2-3-14(11)15(19)17-12-4-6-16(7-5-12)20-8-9-21-16/h2-3,10,12,18H,4-9H2,1H3,(H,17,19). The molecule has 2 fully saturated rings. The molecule has 2 aliphatic rings. The number of hydrogen-bond donors (Lipinski definition) is 2. The summed E-state index contributed by atoms with van der Waals surface area (Å²) in [5.41, 5.74) is 1.39. The zero-order chi connectivity index (χ0) is 14.9. The quantitative estimate of drug-likeness (QED) is 0.876. The molecule has 1 aromatic carbocycles. The Balaban J connectivity index is 1.58. The molecular formula is C16H21NO4. The monoisotopic (exact) mass is 291 g/mol. The van der Waals surface area contributed by atoms with Gasteiger partial charge in [-0.3, -0.25) is 4.79 Å². The van der Waals surface area contributed by atoms with Crippen LogP contribution in [0.3, 0.4) is 0 Å². The van der Waals surface area contributed by atoms with Gasteiger partial charge in [0, 0.05) is 24.4 Å². The van der Waals surface area contributed by atoms with Crippen molar-refractivity contribution < 1.29 is 19.4 Å². The zero-order valence-corrected chi connectivity index (χ0v) is 12.2. The predicted molar refractivity (Wildman–Crippen MR) is 77.2 cm³/mol. The minimum absolute atomic E-state index is 0.0818. The van der Waals surface area contributed by atoms with E-state index < -0.39 is 5.79 Å². The van der Waals surface area contributed by atoms with E-state index in [1.54, 1.807) is 12.1 Å². The molecule has 1 aliphatic carbocycles. The van der Waals surface area contributed by atoms with Crippen LogP contribution >= 0.6 is 0 Å². The minimum Gasteiger partial charge on any atom is -0.508 e. The van der Waals surface area contributed by atoms with E-state index in [-0.39, 0.29) is 17.7 Å². The number of phenolic OH excluding ortho intramolecular Hbond substituents is 1. The summed E-state index contributed by atoms with van der Waals surface area (Å²) in [6.45, 7) is 3.16. The summed E-state index contributed by atoms with van der Waals surface area (Å²) >= 11 is 0. The molecular weight excluding hydrogens is 270 g/mol. The summed E-state index contributed by atoms with van der Waals surface area (Å²) < 4.78 is 11.4. The lowest BCUT2D eigenvalue weighted by atomic mass is 9.90. The molecule has 2 N–H and O–H groups in total. The van der Waals surface area contributed by atoms with Crippen LogP contribution in [-0.4, -0.2) is 36.1 Å². The van der Waals surface area contributed by atoms with E-state index in [0.717, 1.165) is 31.2 Å². The Hall–Kier alpha value is -1.59. The normalized spacial score (nSPS) is 21.6. The number of aromatic hydroxyl groups is 1. The van der Waals surface area contributed by atoms with Gasteiger partial charge in [0.2, 0.25) is 0 Å². The third-order valence-corrected chi connectivity index (χ3v) is 4.35. The Morgan fingerprint density at radius 1 is 1.29 bits per heavy atom. The summed E-state index contributed by atoms with van der Waals surface area (Å²) in [6, 6.07) is 4.96. The highest BCUT2D eigenvalue weighted by molar-refractivity contribution is 5.95. The van der Waals surface area contributed by atoms with E-state index in [4.69, 9.17) is 9.47 Å². The highest BCUT2D eigenvalue weighted by Crippen LogP contribution is 2.35. The van der Waals surface area contributed by atoms with E-state index in [1.165, 1.54) is 6.07 Å². The molecule has 0 aromatic heterocycles. The van der Waals surface area contributed by atoms with E-state index >= 15 is 0 Å². The fourth-order valence-electron chi connectivity index (χ4n) is 3.15. The number of benzene rings is 1. The van der Waals surface area contributed by atoms with E-state index in [0.29, 0.717) is 18.8 Å². The number of hydrogen-bond acceptors (Lipinski definition) is 4. The maximum atomic E-state index is 12.3. The minimum atomic E-state index is -0.393. The number of carbonyl (C=O) groups excluding carboxylic acids is 1. The first-order valence-electron chi connectivity index (χ1n) is 7.46. The van der Waals surface area contributed by atoms with Crippen LogP contribution in [0.25, 0.3) is 0 Å². The molecule has 0 atom stereocenters. The number of carbonyl (C=O) groups is 1. The third-order valence-electron chi connectivity index (χ3n) is 4.35. The summed E-state index contributed by atoms with van der Waals surface area (Å²) in [7, 11) is 0. The van der Waals surface area contributed by atoms with Gasteiger partial charge in [0.15, 0.2) is 5.79 Å². The first-order valence-corrected chi connectivity index (χ1v) is 7.46. The first kappa shape index (κ1) is 14.4. The van der Waals surface area contributed by atoms with Crippen molar-refractivity contribution in [1.82, 2.24) is 5.32 Å². The van der Waals surface area contributed by atoms with Crippen molar-refractivity contribution in [3.63, 3.8) is 0 Å². The molecule has 1 amide bonds. The van der Waals surface area contributed by atoms with Crippen LogP contribution in [0.4, 0.5) is 0 Å². The smallest absolute Gasteiger partial charge is 0.251 e. The second kappa shape index (κ2) is 5.66. The Labute approximate surface area is 124 Å². The molecule has 0 unspecified atom stereocenters. The largest absolute Gasteiger partial charge is 0.508 e. The third kappa shape index (κ3) is 3.04. The van der Waals surface area contributed by atoms with Gasteiger partial charge < -0.3 is 19.9 Å². The lowest BCUT2D eigenvalue weighted by Gasteiger charge is -2.35. The summed E-state index contributed by atoms with van der Waals surface area (Å²) in [5, 5.41) is 12.5. The van der Waals surface area contributed by atoms with Crippen LogP contribution in [0.2, 0.25) is 0 Å². The lowest BCUT2D eigenvalue weighted by molar-refractivity contribution is -0.179. The highest BCUT2D eigenvalue weighted by atomic mass is 16.7. The Bertz CT molecular complexity index is 527. The van der Waals surface area contributed by atoms with Crippen LogP contribution < -0.4 is 5.32 Å². The van der Waals surface area contributed by atoms with E-state index in [1.807, 2.05) is 6.92 Å². The van der Waals surface area contributed by atoms with Crippen LogP contribution in [0, 0.1) is 6.92 Å². The number of nitrogens with one attached hydrogen (secondary N) is 1. The molecule has 1 spiro atoms. The topological polar surface area (TPSA) is 67.8 Å². The first-order chi connectivity index (χ1) is 10.1. The average Bonchev–Trinajstić information content (AvgIpc) is 2.90. The predicted octanol–water partition coefficient (Wildman–Crippen LogP) is 2.12. The number of ether oxygens (including phenoxy) is 2. The molecule has 1 saturated heterocycles. The fourth-order valence-corrected chi connectivity index (χ4v) is 3.15. The van der Waals surface area contributed by atoms with Gasteiger partial charge in [-0.15, -0.1) is 0 Å². The molecule has 1 heterocycles. The van der Waals surface area contributed by atoms with Gasteiger partial charge in [0.1, 0.15) is 5.75 Å². The van der Waals surface area contributed by atoms with Crippen LogP contribution in [0.1, 0.15) is 41.6 Å². The second-order valence-electron chi connectivity index (χ2n) is 5.85. The summed E-state index contributed by atoms with van der Waals surface area (Å²) in [5.74, 6) is -0.295. The van der Waals surface area contributed by atoms with Crippen molar-refractivity contribution in [1.29, 1.82) is 0 Å². The molecule has 0 radical (unpaired) electrons. The van der Waals surface area contributed by atoms with Crippen LogP contribution in [0.15, 0.2) is 18.2 Å². The molecule has 1 aromatic rings. The van der Waals surface area contributed by atoms with Crippen molar-refractivity contribution in [3.05, 3.63) is 29.3 Å². The van der Waals surface area contributed by atoms with Crippen molar-refractivity contribution in [3.8, 4) is 5.75 Å². The number of amides is 1. The Kier molecular flexibility index (Phi) is 3.87. The molecule has 1 aliphatic heterocycles. The summed E-state index contributed by atoms with van der Waals surface area (Å²) in [4.78, 5) is 12.3. The van der Waals surface area contributed by atoms with Gasteiger partial charge >= 0.3 is 0 Å². The second-order valence-corrected chi connectivity index (χ2v) is 5.85. The van der Waals surface area contributed by atoms with Crippen molar-refractivity contribution in [2.75, 3.05) is 13.2 Å². The van der Waals surface area contributed by atoms with Gasteiger partial charge in [-0.05, 0) is 43.5 Å². The molecule has 21 heavy (non-hydrogen) atoms. The van der Waals surface area contributed by atoms with E-state index in [9.17, 15) is 9.90 Å². The molecule has 0 bridgehead atoms. The van der Waals surface area contributed by atoms with Crippen molar-refractivity contribution in [2.24, 2.45) is 0 Å². The maximum Gasteiger partial charge on any atom is 0.251 e. The average molecular weight is 291 g/mol. The molecule has 3 rings (SSSR count). The molecule has 114 valence electrons. The Morgan fingerprint density at radius 2 is 1.95 bits per heavy atom. The van der Waals surface area contributed by atoms with Gasteiger partial charge in [-0.2, -0.15) is 0 Å². The maximum absolute atomic E-state index is 12.3. The van der Waals surface area contributed by atoms with Gasteiger partial charge in [-0.1, -0.05) is 0 Å². The van der Waals surface area contributed by atoms with Gasteiger partial charge in [-0.25, -0.2) is 0 Å². The lowest BCUT2D eigenvalue weighted by Crippen LogP contribution is -2.44. The zero-order valence-electron chi connectivity index (χ0n) is 12.2. The SMILES string of the molecule is Cc1cc(O)ccc1C(=O)NC1CCC2(CC1)OCCO2. The van der Waals surface area contributed by atoms with Gasteiger partial charge in [0.05, 0.1) is 13.2 Å². The summed E-state index contributed by atoms with van der Waals surface area (Å²) in [6.07, 6.45) is 3.38. The Morgan fingerprint density at radius 3 is 2.57 bits per heavy atom. The molecule has 5 nitrogen and oxygen atoms in total. The number of rotatable bonds is 2. The van der Waals surface area contributed by atoms with Crippen LogP contribution in [0.5, 0.6) is 5.75 Å². The number of phenols is 1. The van der Waals surface area contributed by atoms with E-state index in [2.05, 4.69) is 5.32 Å². The highest BCUT2D eigenvalue weighted by Gasteiger charge is 2.40. The number of aryl methyl sites for hydroxylation is 1. The van der Waals surface area contributed by atoms with Crippen molar-refractivity contribution >= 4 is 5.91 Å². The molecule has 5 heteroatoms. The van der Waals surface area contributed by atoms with Crippen molar-refractivity contribution in [2.45, 2.75) is 44.4 Å². The fraction of sp³-hybridized carbons (Fsp3) is 0.562. The van der Waals surface area contributed by atoms with Gasteiger partial charge in [0.25, 0.3) is 5.91 Å². The molecule has 1 saturated carbocycles. The van der Waals surface area contributed by atoms with Crippen LogP contribution in [-0.2, 0) is 9.47 Å².